The monoisotopic (exact) mass is 1310 g/mol. The summed E-state index contributed by atoms with van der Waals surface area (Å²) in [5.74, 6) is 0.196. The fourth-order valence-electron chi connectivity index (χ4n) is 10.5. The van der Waals surface area contributed by atoms with Gasteiger partial charge in [-0.05, 0) is 43.4 Å². The summed E-state index contributed by atoms with van der Waals surface area (Å²) in [4.78, 5) is 72.4. The van der Waals surface area contributed by atoms with Crippen LogP contribution in [0.15, 0.2) is 0 Å². The second kappa shape index (κ2) is 61.0. The van der Waals surface area contributed by atoms with Crippen molar-refractivity contribution in [1.82, 2.24) is 0 Å². The number of hydrogen-bond acceptors (Lipinski definition) is 15. The normalized spacial score (nSPS) is 14.5. The van der Waals surface area contributed by atoms with Gasteiger partial charge < -0.3 is 33.8 Å². The molecule has 0 spiro atoms. The summed E-state index contributed by atoms with van der Waals surface area (Å²) in [6.07, 6.45) is 44.5. The first kappa shape index (κ1) is 87.1. The minimum absolute atomic E-state index is 0.104. The highest BCUT2D eigenvalue weighted by atomic mass is 31.2. The Balaban J connectivity index is 5.22. The molecule has 17 nitrogen and oxygen atoms in total. The zero-order valence-electron chi connectivity index (χ0n) is 57.9. The van der Waals surface area contributed by atoms with E-state index in [0.29, 0.717) is 25.7 Å². The summed E-state index contributed by atoms with van der Waals surface area (Å²) in [5.41, 5.74) is 0. The molecule has 0 radical (unpaired) electrons. The van der Waals surface area contributed by atoms with Gasteiger partial charge in [-0.2, -0.15) is 0 Å². The van der Waals surface area contributed by atoms with E-state index < -0.39 is 97.5 Å². The van der Waals surface area contributed by atoms with Crippen LogP contribution in [0.2, 0.25) is 0 Å². The third-order valence-electron chi connectivity index (χ3n) is 16.5. The lowest BCUT2D eigenvalue weighted by atomic mass is 9.99. The molecule has 3 unspecified atom stereocenters. The first-order chi connectivity index (χ1) is 42.8. The molecule has 0 aliphatic heterocycles. The van der Waals surface area contributed by atoms with Gasteiger partial charge in [-0.25, -0.2) is 9.13 Å². The number of carbonyl (C=O) groups excluding carboxylic acids is 4. The van der Waals surface area contributed by atoms with E-state index in [1.807, 2.05) is 0 Å². The predicted molar refractivity (Wildman–Crippen MR) is 358 cm³/mol. The van der Waals surface area contributed by atoms with Crippen molar-refractivity contribution in [1.29, 1.82) is 0 Å². The lowest BCUT2D eigenvalue weighted by molar-refractivity contribution is -0.161. The molecule has 0 aromatic heterocycles. The first-order valence-corrected chi connectivity index (χ1v) is 39.4. The topological polar surface area (TPSA) is 237 Å². The van der Waals surface area contributed by atoms with Gasteiger partial charge in [-0.1, -0.05) is 299 Å². The molecule has 0 saturated carbocycles. The standard InChI is InChI=1S/C70H136O17P2/c1-8-10-11-12-27-37-44-51-67(72)80-57-65(87-70(75)54-47-40-33-26-25-30-36-43-50-63(7)9-2)59-84-88(76,77)82-55-64(71)56-83-89(78,79)85-60-66(58-81-68(73)52-45-38-31-23-20-16-18-22-29-35-42-49-62(5)6)86-69(74)53-46-39-32-24-19-15-13-14-17-21-28-34-41-48-61(3)4/h61-66,71H,8-60H2,1-7H3,(H,76,77)(H,78,79)/t63?,64-,65+,66+/m0/s1. The van der Waals surface area contributed by atoms with Crippen molar-refractivity contribution in [3.8, 4) is 0 Å². The lowest BCUT2D eigenvalue weighted by Crippen LogP contribution is -2.30. The molecule has 19 heteroatoms. The number of aliphatic hydroxyl groups excluding tert-OH is 1. The van der Waals surface area contributed by atoms with Crippen molar-refractivity contribution in [3.63, 3.8) is 0 Å². The number of phosphoric ester groups is 2. The average molecular weight is 1310 g/mol. The molecule has 528 valence electrons. The van der Waals surface area contributed by atoms with E-state index in [-0.39, 0.29) is 25.7 Å². The summed E-state index contributed by atoms with van der Waals surface area (Å²) in [6.45, 7) is 11.8. The molecule has 0 amide bonds. The summed E-state index contributed by atoms with van der Waals surface area (Å²) >= 11 is 0. The zero-order chi connectivity index (χ0) is 65.9. The summed E-state index contributed by atoms with van der Waals surface area (Å²) in [7, 11) is -9.90. The van der Waals surface area contributed by atoms with Gasteiger partial charge in [0.15, 0.2) is 12.2 Å². The molecule has 0 aliphatic rings. The third-order valence-corrected chi connectivity index (χ3v) is 18.4. The van der Waals surface area contributed by atoms with E-state index in [1.54, 1.807) is 0 Å². The van der Waals surface area contributed by atoms with Crippen LogP contribution in [-0.2, 0) is 65.4 Å². The van der Waals surface area contributed by atoms with Crippen LogP contribution in [-0.4, -0.2) is 96.7 Å². The molecular formula is C70H136O17P2. The Kier molecular flexibility index (Phi) is 59.6. The molecular weight excluding hydrogens is 1170 g/mol. The van der Waals surface area contributed by atoms with E-state index in [2.05, 4.69) is 48.5 Å². The largest absolute Gasteiger partial charge is 0.472 e. The fourth-order valence-corrected chi connectivity index (χ4v) is 12.1. The predicted octanol–water partition coefficient (Wildman–Crippen LogP) is 19.8. The smallest absolute Gasteiger partial charge is 0.462 e. The Labute approximate surface area is 543 Å². The molecule has 0 aromatic carbocycles. The van der Waals surface area contributed by atoms with Gasteiger partial charge in [0.2, 0.25) is 0 Å². The highest BCUT2D eigenvalue weighted by molar-refractivity contribution is 7.47. The van der Waals surface area contributed by atoms with Crippen LogP contribution in [0.1, 0.15) is 350 Å². The molecule has 89 heavy (non-hydrogen) atoms. The van der Waals surface area contributed by atoms with Gasteiger partial charge in [0.25, 0.3) is 0 Å². The molecule has 3 N–H and O–H groups in total. The van der Waals surface area contributed by atoms with E-state index >= 15 is 0 Å². The van der Waals surface area contributed by atoms with Crippen molar-refractivity contribution < 1.29 is 80.2 Å². The number of hydrogen-bond donors (Lipinski definition) is 3. The SMILES string of the molecule is CCCCCCCCCC(=O)OC[C@H](COP(=O)(O)OC[C@H](O)COP(=O)(O)OC[C@@H](COC(=O)CCCCCCCCCCCCCC(C)C)OC(=O)CCCCCCCCCCCCCCCC(C)C)OC(=O)CCCCCCCCCCC(C)CC. The Morgan fingerprint density at radius 2 is 0.573 bits per heavy atom. The molecule has 0 aromatic rings. The first-order valence-electron chi connectivity index (χ1n) is 36.4. The van der Waals surface area contributed by atoms with Crippen LogP contribution >= 0.6 is 15.6 Å². The molecule has 0 heterocycles. The van der Waals surface area contributed by atoms with Gasteiger partial charge in [0.1, 0.15) is 19.3 Å². The van der Waals surface area contributed by atoms with Crippen molar-refractivity contribution in [2.24, 2.45) is 17.8 Å². The zero-order valence-corrected chi connectivity index (χ0v) is 59.7. The molecule has 0 rings (SSSR count). The van der Waals surface area contributed by atoms with Crippen molar-refractivity contribution >= 4 is 39.5 Å². The van der Waals surface area contributed by atoms with Crippen molar-refractivity contribution in [2.45, 2.75) is 369 Å². The average Bonchev–Trinajstić information content (AvgIpc) is 3.70. The van der Waals surface area contributed by atoms with Gasteiger partial charge in [-0.3, -0.25) is 37.3 Å². The number of aliphatic hydroxyl groups is 1. The molecule has 0 aliphatic carbocycles. The third kappa shape index (κ3) is 63.2. The van der Waals surface area contributed by atoms with Crippen LogP contribution in [0.3, 0.4) is 0 Å². The van der Waals surface area contributed by atoms with Crippen molar-refractivity contribution in [3.05, 3.63) is 0 Å². The highest BCUT2D eigenvalue weighted by Gasteiger charge is 2.30. The maximum absolute atomic E-state index is 13.0. The molecule has 0 saturated heterocycles. The maximum atomic E-state index is 13.0. The van der Waals surface area contributed by atoms with Crippen molar-refractivity contribution in [2.75, 3.05) is 39.6 Å². The number of esters is 4. The van der Waals surface area contributed by atoms with Gasteiger partial charge in [-0.15, -0.1) is 0 Å². The number of ether oxygens (including phenoxy) is 4. The maximum Gasteiger partial charge on any atom is 0.472 e. The van der Waals surface area contributed by atoms with Crippen LogP contribution in [0, 0.1) is 17.8 Å². The minimum Gasteiger partial charge on any atom is -0.462 e. The lowest BCUT2D eigenvalue weighted by Gasteiger charge is -2.21. The highest BCUT2D eigenvalue weighted by Crippen LogP contribution is 2.45. The number of rotatable bonds is 68. The summed E-state index contributed by atoms with van der Waals surface area (Å²) < 4.78 is 68.2. The Hall–Kier alpha value is -1.94. The van der Waals surface area contributed by atoms with Crippen LogP contribution in [0.25, 0.3) is 0 Å². The Morgan fingerprint density at radius 3 is 0.854 bits per heavy atom. The quantitative estimate of drug-likeness (QED) is 0.0222. The van der Waals surface area contributed by atoms with E-state index in [1.165, 1.54) is 148 Å². The van der Waals surface area contributed by atoms with E-state index in [9.17, 15) is 43.2 Å². The van der Waals surface area contributed by atoms with Crippen LogP contribution < -0.4 is 0 Å². The fraction of sp³-hybridized carbons (Fsp3) is 0.943. The molecule has 0 fully saturated rings. The second-order valence-electron chi connectivity index (χ2n) is 26.5. The van der Waals surface area contributed by atoms with Gasteiger partial charge >= 0.3 is 39.5 Å². The Morgan fingerprint density at radius 1 is 0.326 bits per heavy atom. The summed E-state index contributed by atoms with van der Waals surface area (Å²) in [6, 6.07) is 0. The van der Waals surface area contributed by atoms with Crippen LogP contribution in [0.5, 0.6) is 0 Å². The van der Waals surface area contributed by atoms with Gasteiger partial charge in [0.05, 0.1) is 26.4 Å². The van der Waals surface area contributed by atoms with E-state index in [4.69, 9.17) is 37.0 Å². The molecule has 6 atom stereocenters. The van der Waals surface area contributed by atoms with Crippen LogP contribution in [0.4, 0.5) is 0 Å². The number of carbonyl (C=O) groups is 4. The number of unbranched alkanes of at least 4 members (excludes halogenated alkanes) is 35. The minimum atomic E-state index is -4.95. The molecule has 0 bridgehead atoms. The van der Waals surface area contributed by atoms with E-state index in [0.717, 1.165) is 120 Å². The number of phosphoric acid groups is 2. The summed E-state index contributed by atoms with van der Waals surface area (Å²) in [5, 5.41) is 10.6. The second-order valence-corrected chi connectivity index (χ2v) is 29.4. The Bertz CT molecular complexity index is 1750. The van der Waals surface area contributed by atoms with Gasteiger partial charge in [0, 0.05) is 25.7 Å².